The Bertz CT molecular complexity index is 1090. The van der Waals surface area contributed by atoms with Gasteiger partial charge in [-0.1, -0.05) is 17.7 Å². The number of benzene rings is 2. The predicted molar refractivity (Wildman–Crippen MR) is 102 cm³/mol. The fourth-order valence-corrected chi connectivity index (χ4v) is 3.56. The molecular weight excluding hydrogens is 384 g/mol. The molecule has 2 heterocycles. The molecule has 0 radical (unpaired) electrons. The number of aromatic hydroxyl groups is 1. The zero-order chi connectivity index (χ0) is 19.8. The molecule has 1 N–H and O–H groups in total. The van der Waals surface area contributed by atoms with Gasteiger partial charge in [-0.2, -0.15) is 0 Å². The third kappa shape index (κ3) is 3.32. The number of phenolic OH excluding ortho intramolecular Hbond substituents is 1. The smallest absolute Gasteiger partial charge is 0.289 e. The van der Waals surface area contributed by atoms with E-state index in [9.17, 15) is 20.0 Å². The van der Waals surface area contributed by atoms with E-state index in [1.54, 1.807) is 29.2 Å². The summed E-state index contributed by atoms with van der Waals surface area (Å²) in [5, 5.41) is 20.7. The fraction of sp³-hybridized carbons (Fsp3) is 0.150. The van der Waals surface area contributed by atoms with Crippen LogP contribution in [0.4, 0.5) is 5.69 Å². The molecule has 0 aliphatic carbocycles. The maximum Gasteiger partial charge on any atom is 0.289 e. The summed E-state index contributed by atoms with van der Waals surface area (Å²) in [7, 11) is 0. The number of carbonyl (C=O) groups excluding carboxylic acids is 1. The van der Waals surface area contributed by atoms with Crippen molar-refractivity contribution in [1.82, 2.24) is 4.90 Å². The Morgan fingerprint density at radius 2 is 1.96 bits per heavy atom. The Hall–Kier alpha value is -3.32. The Balaban J connectivity index is 1.56. The van der Waals surface area contributed by atoms with Crippen LogP contribution >= 0.6 is 11.6 Å². The van der Waals surface area contributed by atoms with Crippen molar-refractivity contribution in [2.24, 2.45) is 0 Å². The first-order valence-electron chi connectivity index (χ1n) is 8.56. The van der Waals surface area contributed by atoms with Gasteiger partial charge in [0.25, 0.3) is 11.6 Å². The molecule has 0 unspecified atom stereocenters. The van der Waals surface area contributed by atoms with Crippen LogP contribution in [-0.4, -0.2) is 27.4 Å². The van der Waals surface area contributed by atoms with Crippen molar-refractivity contribution >= 4 is 23.2 Å². The van der Waals surface area contributed by atoms with Gasteiger partial charge < -0.3 is 14.4 Å². The Morgan fingerprint density at radius 1 is 1.14 bits per heavy atom. The van der Waals surface area contributed by atoms with E-state index in [1.807, 2.05) is 6.07 Å². The molecular formula is C20H15ClN2O5. The molecule has 0 saturated carbocycles. The van der Waals surface area contributed by atoms with E-state index in [0.717, 1.165) is 11.1 Å². The summed E-state index contributed by atoms with van der Waals surface area (Å²) in [5.41, 5.74) is 2.37. The van der Waals surface area contributed by atoms with Crippen LogP contribution in [0.3, 0.4) is 0 Å². The highest BCUT2D eigenvalue weighted by atomic mass is 35.5. The molecule has 1 aliphatic rings. The monoisotopic (exact) mass is 398 g/mol. The molecule has 7 nitrogen and oxygen atoms in total. The molecule has 0 bridgehead atoms. The van der Waals surface area contributed by atoms with Gasteiger partial charge in [-0.05, 0) is 47.9 Å². The molecule has 0 fully saturated rings. The SMILES string of the molecule is O=C(c1ccc(-c2ccc([N+](=O)[O-])cc2Cl)o1)N1CCc2ccc(O)cc2C1. The van der Waals surface area contributed by atoms with E-state index in [1.165, 1.54) is 18.2 Å². The van der Waals surface area contributed by atoms with E-state index in [2.05, 4.69) is 0 Å². The molecule has 0 atom stereocenters. The third-order valence-electron chi connectivity index (χ3n) is 4.74. The number of phenols is 1. The van der Waals surface area contributed by atoms with Crippen molar-refractivity contribution in [3.8, 4) is 17.1 Å². The number of halogens is 1. The Morgan fingerprint density at radius 3 is 2.71 bits per heavy atom. The van der Waals surface area contributed by atoms with Crippen LogP contribution in [0.1, 0.15) is 21.7 Å². The van der Waals surface area contributed by atoms with Crippen LogP contribution in [-0.2, 0) is 13.0 Å². The zero-order valence-electron chi connectivity index (χ0n) is 14.6. The number of nitro benzene ring substituents is 1. The van der Waals surface area contributed by atoms with E-state index < -0.39 is 4.92 Å². The van der Waals surface area contributed by atoms with Crippen molar-refractivity contribution < 1.29 is 19.2 Å². The number of hydrogen-bond donors (Lipinski definition) is 1. The maximum absolute atomic E-state index is 12.8. The average Bonchev–Trinajstić information content (AvgIpc) is 3.16. The average molecular weight is 399 g/mol. The van der Waals surface area contributed by atoms with Gasteiger partial charge in [0.2, 0.25) is 0 Å². The van der Waals surface area contributed by atoms with Gasteiger partial charge in [0.15, 0.2) is 5.76 Å². The summed E-state index contributed by atoms with van der Waals surface area (Å²) in [6.45, 7) is 0.932. The summed E-state index contributed by atoms with van der Waals surface area (Å²) in [6, 6.07) is 12.4. The third-order valence-corrected chi connectivity index (χ3v) is 5.05. The maximum atomic E-state index is 12.8. The molecule has 4 rings (SSSR count). The quantitative estimate of drug-likeness (QED) is 0.520. The molecule has 8 heteroatoms. The Labute approximate surface area is 164 Å². The van der Waals surface area contributed by atoms with E-state index in [-0.39, 0.29) is 28.1 Å². The number of carbonyl (C=O) groups is 1. The normalized spacial score (nSPS) is 13.2. The highest BCUT2D eigenvalue weighted by molar-refractivity contribution is 6.33. The van der Waals surface area contributed by atoms with Crippen LogP contribution in [0.2, 0.25) is 5.02 Å². The molecule has 1 aromatic heterocycles. The first-order valence-corrected chi connectivity index (χ1v) is 8.94. The first kappa shape index (κ1) is 18.1. The van der Waals surface area contributed by atoms with Gasteiger partial charge in [-0.15, -0.1) is 0 Å². The zero-order valence-corrected chi connectivity index (χ0v) is 15.3. The largest absolute Gasteiger partial charge is 0.508 e. The number of amides is 1. The van der Waals surface area contributed by atoms with Crippen LogP contribution in [0.15, 0.2) is 52.9 Å². The second-order valence-corrected chi connectivity index (χ2v) is 6.92. The van der Waals surface area contributed by atoms with Crippen LogP contribution < -0.4 is 0 Å². The summed E-state index contributed by atoms with van der Waals surface area (Å²) < 4.78 is 5.68. The molecule has 1 aliphatic heterocycles. The minimum atomic E-state index is -0.529. The fourth-order valence-electron chi connectivity index (χ4n) is 3.29. The molecule has 142 valence electrons. The first-order chi connectivity index (χ1) is 13.4. The second-order valence-electron chi connectivity index (χ2n) is 6.51. The topological polar surface area (TPSA) is 96.8 Å². The molecule has 0 saturated heterocycles. The minimum absolute atomic E-state index is 0.119. The number of fused-ring (bicyclic) bond motifs is 1. The lowest BCUT2D eigenvalue weighted by Crippen LogP contribution is -2.35. The molecule has 0 spiro atoms. The summed E-state index contributed by atoms with van der Waals surface area (Å²) in [4.78, 5) is 24.8. The van der Waals surface area contributed by atoms with E-state index >= 15 is 0 Å². The summed E-state index contributed by atoms with van der Waals surface area (Å²) >= 11 is 6.13. The van der Waals surface area contributed by atoms with E-state index in [0.29, 0.717) is 30.8 Å². The molecule has 1 amide bonds. The van der Waals surface area contributed by atoms with Gasteiger partial charge in [0.1, 0.15) is 11.5 Å². The van der Waals surface area contributed by atoms with Crippen LogP contribution in [0, 0.1) is 10.1 Å². The van der Waals surface area contributed by atoms with Crippen molar-refractivity contribution in [3.63, 3.8) is 0 Å². The van der Waals surface area contributed by atoms with Crippen LogP contribution in [0.25, 0.3) is 11.3 Å². The van der Waals surface area contributed by atoms with Gasteiger partial charge in [-0.3, -0.25) is 14.9 Å². The van der Waals surface area contributed by atoms with Crippen molar-refractivity contribution in [2.75, 3.05) is 6.54 Å². The highest BCUT2D eigenvalue weighted by Gasteiger charge is 2.25. The van der Waals surface area contributed by atoms with Gasteiger partial charge in [0, 0.05) is 30.8 Å². The number of non-ortho nitro benzene ring substituents is 1. The Kier molecular flexibility index (Phi) is 4.52. The lowest BCUT2D eigenvalue weighted by Gasteiger charge is -2.28. The van der Waals surface area contributed by atoms with Crippen LogP contribution in [0.5, 0.6) is 5.75 Å². The van der Waals surface area contributed by atoms with E-state index in [4.69, 9.17) is 16.0 Å². The number of hydrogen-bond acceptors (Lipinski definition) is 5. The summed E-state index contributed by atoms with van der Waals surface area (Å²) in [6.07, 6.45) is 0.698. The molecule has 2 aromatic carbocycles. The van der Waals surface area contributed by atoms with Gasteiger partial charge >= 0.3 is 0 Å². The second kappa shape index (κ2) is 7.01. The molecule has 3 aromatic rings. The van der Waals surface area contributed by atoms with Crippen molar-refractivity contribution in [3.05, 3.63) is 80.6 Å². The number of furan rings is 1. The highest BCUT2D eigenvalue weighted by Crippen LogP contribution is 2.33. The predicted octanol–water partition coefficient (Wildman–Crippen LogP) is 4.41. The number of rotatable bonds is 3. The number of nitro groups is 1. The lowest BCUT2D eigenvalue weighted by atomic mass is 9.99. The van der Waals surface area contributed by atoms with Gasteiger partial charge in [-0.25, -0.2) is 0 Å². The van der Waals surface area contributed by atoms with Crippen molar-refractivity contribution in [2.45, 2.75) is 13.0 Å². The standard InChI is InChI=1S/C20H15ClN2O5/c21-17-10-14(23(26)27)2-4-16(17)18-5-6-19(28-18)20(25)22-8-7-12-1-3-15(24)9-13(12)11-22/h1-6,9-10,24H,7-8,11H2. The lowest BCUT2D eigenvalue weighted by molar-refractivity contribution is -0.384. The van der Waals surface area contributed by atoms with Crippen molar-refractivity contribution in [1.29, 1.82) is 0 Å². The minimum Gasteiger partial charge on any atom is -0.508 e. The molecule has 28 heavy (non-hydrogen) atoms. The summed E-state index contributed by atoms with van der Waals surface area (Å²) in [5.74, 6) is 0.422. The number of nitrogens with zero attached hydrogens (tertiary/aromatic N) is 2. The van der Waals surface area contributed by atoms with Gasteiger partial charge in [0.05, 0.1) is 9.95 Å².